The molecule has 5 nitrogen and oxygen atoms in total. The van der Waals surface area contributed by atoms with Crippen LogP contribution in [0.1, 0.15) is 48.7 Å². The molecule has 5 heteroatoms. The fourth-order valence-electron chi connectivity index (χ4n) is 4.33. The van der Waals surface area contributed by atoms with Gasteiger partial charge >= 0.3 is 0 Å². The summed E-state index contributed by atoms with van der Waals surface area (Å²) in [6.45, 7) is 5.26. The number of hydrogen-bond acceptors (Lipinski definition) is 5. The largest absolute Gasteiger partial charge is 0.458 e. The fourth-order valence-corrected chi connectivity index (χ4v) is 4.33. The third-order valence-corrected chi connectivity index (χ3v) is 6.06. The Bertz CT molecular complexity index is 1200. The molecule has 0 aliphatic carbocycles. The molecule has 0 unspecified atom stereocenters. The lowest BCUT2D eigenvalue weighted by Gasteiger charge is -2.35. The molecule has 5 rings (SSSR count). The van der Waals surface area contributed by atoms with Crippen molar-refractivity contribution in [3.8, 4) is 11.3 Å². The Morgan fingerprint density at radius 2 is 1.39 bits per heavy atom. The summed E-state index contributed by atoms with van der Waals surface area (Å²) in [5.74, 6) is 1.50. The van der Waals surface area contributed by atoms with E-state index in [4.69, 9.17) is 23.4 Å². The summed E-state index contributed by atoms with van der Waals surface area (Å²) in [5.41, 5.74) is 4.04. The van der Waals surface area contributed by atoms with E-state index in [-0.39, 0.29) is 6.10 Å². The molecule has 0 saturated carbocycles. The van der Waals surface area contributed by atoms with Crippen LogP contribution in [0.15, 0.2) is 101 Å². The maximum Gasteiger partial charge on any atom is 0.188 e. The highest BCUT2D eigenvalue weighted by Crippen LogP contribution is 2.44. The van der Waals surface area contributed by atoms with Crippen molar-refractivity contribution >= 4 is 0 Å². The molecule has 0 amide bonds. The van der Waals surface area contributed by atoms with Crippen molar-refractivity contribution in [2.75, 3.05) is 6.61 Å². The smallest absolute Gasteiger partial charge is 0.188 e. The second kappa shape index (κ2) is 11.7. The zero-order valence-corrected chi connectivity index (χ0v) is 20.7. The molecule has 3 aromatic carbocycles. The lowest BCUT2D eigenvalue weighted by molar-refractivity contribution is -0.245. The number of benzene rings is 3. The number of fused-ring (bicyclic) bond motifs is 1. The van der Waals surface area contributed by atoms with E-state index in [9.17, 15) is 0 Å². The van der Waals surface area contributed by atoms with Crippen molar-refractivity contribution in [3.05, 3.63) is 120 Å². The van der Waals surface area contributed by atoms with Gasteiger partial charge in [0.25, 0.3) is 0 Å². The molecule has 36 heavy (non-hydrogen) atoms. The minimum absolute atomic E-state index is 0.0226. The van der Waals surface area contributed by atoms with Gasteiger partial charge in [0.2, 0.25) is 0 Å². The van der Waals surface area contributed by atoms with E-state index >= 15 is 0 Å². The summed E-state index contributed by atoms with van der Waals surface area (Å²) in [5, 5.41) is 0. The summed E-state index contributed by atoms with van der Waals surface area (Å²) in [4.78, 5) is 0. The molecule has 0 bridgehead atoms. The quantitative estimate of drug-likeness (QED) is 0.237. The van der Waals surface area contributed by atoms with Crippen molar-refractivity contribution in [1.82, 2.24) is 0 Å². The van der Waals surface area contributed by atoms with Gasteiger partial charge in [-0.1, -0.05) is 91.0 Å². The van der Waals surface area contributed by atoms with Gasteiger partial charge in [-0.3, -0.25) is 0 Å². The van der Waals surface area contributed by atoms with Gasteiger partial charge in [-0.05, 0) is 31.0 Å². The highest BCUT2D eigenvalue weighted by atomic mass is 16.7. The van der Waals surface area contributed by atoms with E-state index in [2.05, 4.69) is 0 Å². The molecule has 1 aliphatic heterocycles. The molecular formula is C31H32O5. The maximum absolute atomic E-state index is 6.48. The van der Waals surface area contributed by atoms with E-state index in [1.165, 1.54) is 0 Å². The van der Waals surface area contributed by atoms with Gasteiger partial charge in [0, 0.05) is 5.56 Å². The molecule has 3 atom stereocenters. The van der Waals surface area contributed by atoms with Crippen LogP contribution in [0.2, 0.25) is 0 Å². The molecule has 186 valence electrons. The zero-order chi connectivity index (χ0) is 24.7. The lowest BCUT2D eigenvalue weighted by atomic mass is 10.0. The van der Waals surface area contributed by atoms with Gasteiger partial charge in [-0.2, -0.15) is 0 Å². The van der Waals surface area contributed by atoms with Crippen LogP contribution in [0.3, 0.4) is 0 Å². The topological polar surface area (TPSA) is 50.1 Å². The molecule has 0 fully saturated rings. The number of furan rings is 1. The zero-order valence-electron chi connectivity index (χ0n) is 20.7. The molecule has 1 aromatic heterocycles. The minimum Gasteiger partial charge on any atom is -0.458 e. The van der Waals surface area contributed by atoms with Crippen LogP contribution < -0.4 is 0 Å². The number of rotatable bonds is 10. The Kier molecular flexibility index (Phi) is 7.94. The molecule has 0 N–H and O–H groups in total. The molecule has 2 heterocycles. The minimum atomic E-state index is -0.567. The molecular weight excluding hydrogens is 452 g/mol. The van der Waals surface area contributed by atoms with Crippen LogP contribution in [-0.2, 0) is 32.2 Å². The first-order chi connectivity index (χ1) is 17.7. The van der Waals surface area contributed by atoms with Gasteiger partial charge in [0.15, 0.2) is 6.29 Å². The standard InChI is InChI=1S/C31H32O5/c1-22(2)34-31-26-18-27(25-16-10-5-11-17-25)35-29(26)30(33-20-24-14-8-4-9-15-24)28(36-31)21-32-19-23-12-6-3-7-13-23/h3-18,22,28,30-31H,19-21H2,1-2H3/t28-,30+,31+/m1/s1. The SMILES string of the molecule is CC(C)O[C@H]1O[C@H](COCc2ccccc2)[C@H](OCc2ccccc2)c2oc(-c3ccccc3)cc21. The van der Waals surface area contributed by atoms with Crippen molar-refractivity contribution < 1.29 is 23.4 Å². The Labute approximate surface area is 212 Å². The van der Waals surface area contributed by atoms with E-state index in [1.807, 2.05) is 111 Å². The molecule has 4 aromatic rings. The molecule has 1 aliphatic rings. The monoisotopic (exact) mass is 484 g/mol. The van der Waals surface area contributed by atoms with Gasteiger partial charge < -0.3 is 23.4 Å². The van der Waals surface area contributed by atoms with E-state index in [0.717, 1.165) is 33.8 Å². The summed E-state index contributed by atoms with van der Waals surface area (Å²) < 4.78 is 31.7. The molecule has 0 saturated heterocycles. The van der Waals surface area contributed by atoms with Crippen LogP contribution >= 0.6 is 0 Å². The number of hydrogen-bond donors (Lipinski definition) is 0. The Morgan fingerprint density at radius 1 is 0.778 bits per heavy atom. The van der Waals surface area contributed by atoms with Crippen LogP contribution in [0.5, 0.6) is 0 Å². The van der Waals surface area contributed by atoms with Crippen LogP contribution in [0, 0.1) is 0 Å². The first kappa shape index (κ1) is 24.5. The first-order valence-electron chi connectivity index (χ1n) is 12.4. The lowest BCUT2D eigenvalue weighted by Crippen LogP contribution is -2.36. The molecule has 0 radical (unpaired) electrons. The highest BCUT2D eigenvalue weighted by Gasteiger charge is 2.41. The van der Waals surface area contributed by atoms with Crippen LogP contribution in [0.25, 0.3) is 11.3 Å². The Balaban J connectivity index is 1.44. The third kappa shape index (κ3) is 5.94. The number of ether oxygens (including phenoxy) is 4. The van der Waals surface area contributed by atoms with E-state index in [1.54, 1.807) is 0 Å². The molecule has 0 spiro atoms. The first-order valence-corrected chi connectivity index (χ1v) is 12.4. The van der Waals surface area contributed by atoms with Crippen molar-refractivity contribution in [2.45, 2.75) is 51.7 Å². The normalized spacial score (nSPS) is 19.4. The van der Waals surface area contributed by atoms with Crippen molar-refractivity contribution in [2.24, 2.45) is 0 Å². The van der Waals surface area contributed by atoms with Crippen LogP contribution in [-0.4, -0.2) is 18.8 Å². The highest BCUT2D eigenvalue weighted by molar-refractivity contribution is 5.59. The third-order valence-electron chi connectivity index (χ3n) is 6.06. The average Bonchev–Trinajstić information content (AvgIpc) is 3.36. The Hall–Kier alpha value is -3.22. The Morgan fingerprint density at radius 3 is 2.03 bits per heavy atom. The predicted molar refractivity (Wildman–Crippen MR) is 138 cm³/mol. The average molecular weight is 485 g/mol. The van der Waals surface area contributed by atoms with Gasteiger partial charge in [0.1, 0.15) is 23.7 Å². The second-order valence-corrected chi connectivity index (χ2v) is 9.21. The van der Waals surface area contributed by atoms with Crippen molar-refractivity contribution in [3.63, 3.8) is 0 Å². The van der Waals surface area contributed by atoms with Crippen LogP contribution in [0.4, 0.5) is 0 Å². The second-order valence-electron chi connectivity index (χ2n) is 9.21. The van der Waals surface area contributed by atoms with Gasteiger partial charge in [-0.25, -0.2) is 0 Å². The van der Waals surface area contributed by atoms with Gasteiger partial charge in [-0.15, -0.1) is 0 Å². The van der Waals surface area contributed by atoms with Gasteiger partial charge in [0.05, 0.1) is 31.5 Å². The summed E-state index contributed by atoms with van der Waals surface area (Å²) in [7, 11) is 0. The predicted octanol–water partition coefficient (Wildman–Crippen LogP) is 7.24. The van der Waals surface area contributed by atoms with Crippen molar-refractivity contribution in [1.29, 1.82) is 0 Å². The van der Waals surface area contributed by atoms with E-state index < -0.39 is 18.5 Å². The fraction of sp³-hybridized carbons (Fsp3) is 0.290. The maximum atomic E-state index is 6.48. The summed E-state index contributed by atoms with van der Waals surface area (Å²) in [6, 6.07) is 32.3. The van der Waals surface area contributed by atoms with E-state index in [0.29, 0.717) is 19.8 Å². The summed E-state index contributed by atoms with van der Waals surface area (Å²) in [6.07, 6.45) is -1.43. The summed E-state index contributed by atoms with van der Waals surface area (Å²) >= 11 is 0.